The van der Waals surface area contributed by atoms with Gasteiger partial charge < -0.3 is 0 Å². The number of carbonyl (C=O) groups excluding carboxylic acids is 1. The summed E-state index contributed by atoms with van der Waals surface area (Å²) in [4.78, 5) is 14.2. The van der Waals surface area contributed by atoms with Gasteiger partial charge in [0.25, 0.3) is 0 Å². The third kappa shape index (κ3) is 2.63. The van der Waals surface area contributed by atoms with E-state index in [9.17, 15) is 9.18 Å². The highest BCUT2D eigenvalue weighted by molar-refractivity contribution is 5.97. The SMILES string of the molecule is O=C(CN1CCc2ccccc2C1)c1ccccc1F. The second-order valence-corrected chi connectivity index (χ2v) is 5.13. The maximum absolute atomic E-state index is 13.6. The van der Waals surface area contributed by atoms with Gasteiger partial charge in [0.15, 0.2) is 5.78 Å². The summed E-state index contributed by atoms with van der Waals surface area (Å²) in [5.74, 6) is -0.586. The van der Waals surface area contributed by atoms with Gasteiger partial charge in [0.05, 0.1) is 12.1 Å². The van der Waals surface area contributed by atoms with Gasteiger partial charge in [-0.1, -0.05) is 36.4 Å². The van der Waals surface area contributed by atoms with E-state index in [0.29, 0.717) is 0 Å². The van der Waals surface area contributed by atoms with Crippen molar-refractivity contribution in [2.75, 3.05) is 13.1 Å². The fourth-order valence-corrected chi connectivity index (χ4v) is 2.66. The molecule has 0 aromatic heterocycles. The standard InChI is InChI=1S/C17H16FNO/c18-16-8-4-3-7-15(16)17(20)12-19-10-9-13-5-1-2-6-14(13)11-19/h1-8H,9-12H2. The molecule has 0 N–H and O–H groups in total. The van der Waals surface area contributed by atoms with E-state index in [4.69, 9.17) is 0 Å². The van der Waals surface area contributed by atoms with E-state index in [1.165, 1.54) is 17.2 Å². The summed E-state index contributed by atoms with van der Waals surface area (Å²) in [6.07, 6.45) is 0.945. The van der Waals surface area contributed by atoms with Crippen molar-refractivity contribution in [2.24, 2.45) is 0 Å². The quantitative estimate of drug-likeness (QED) is 0.798. The zero-order valence-electron chi connectivity index (χ0n) is 11.2. The Labute approximate surface area is 117 Å². The van der Waals surface area contributed by atoms with Crippen LogP contribution in [-0.4, -0.2) is 23.8 Å². The van der Waals surface area contributed by atoms with Crippen LogP contribution in [0.3, 0.4) is 0 Å². The minimum absolute atomic E-state index is 0.150. The van der Waals surface area contributed by atoms with Gasteiger partial charge in [-0.05, 0) is 29.7 Å². The Morgan fingerprint density at radius 2 is 1.75 bits per heavy atom. The van der Waals surface area contributed by atoms with E-state index >= 15 is 0 Å². The van der Waals surface area contributed by atoms with Crippen LogP contribution >= 0.6 is 0 Å². The Balaban J connectivity index is 1.71. The summed E-state index contributed by atoms with van der Waals surface area (Å²) in [6, 6.07) is 14.5. The zero-order chi connectivity index (χ0) is 13.9. The summed E-state index contributed by atoms with van der Waals surface area (Å²) in [6.45, 7) is 1.88. The molecule has 2 aromatic carbocycles. The molecule has 0 fully saturated rings. The molecule has 2 aromatic rings. The van der Waals surface area contributed by atoms with Crippen molar-refractivity contribution in [3.8, 4) is 0 Å². The van der Waals surface area contributed by atoms with E-state index in [-0.39, 0.29) is 17.9 Å². The number of ketones is 1. The second-order valence-electron chi connectivity index (χ2n) is 5.13. The monoisotopic (exact) mass is 269 g/mol. The lowest BCUT2D eigenvalue weighted by atomic mass is 9.99. The molecule has 1 heterocycles. The van der Waals surface area contributed by atoms with Crippen LogP contribution in [0.4, 0.5) is 4.39 Å². The van der Waals surface area contributed by atoms with Crippen LogP contribution in [0.15, 0.2) is 48.5 Å². The minimum atomic E-state index is -0.435. The van der Waals surface area contributed by atoms with Gasteiger partial charge in [-0.25, -0.2) is 4.39 Å². The molecule has 0 spiro atoms. The smallest absolute Gasteiger partial charge is 0.179 e. The molecule has 102 valence electrons. The van der Waals surface area contributed by atoms with Crippen molar-refractivity contribution >= 4 is 5.78 Å². The Kier molecular flexibility index (Phi) is 3.61. The Bertz CT molecular complexity index is 638. The van der Waals surface area contributed by atoms with Gasteiger partial charge in [-0.15, -0.1) is 0 Å². The van der Waals surface area contributed by atoms with Gasteiger partial charge in [0.2, 0.25) is 0 Å². The first-order chi connectivity index (χ1) is 9.74. The van der Waals surface area contributed by atoms with Crippen molar-refractivity contribution in [1.29, 1.82) is 0 Å². The third-order valence-electron chi connectivity index (χ3n) is 3.75. The topological polar surface area (TPSA) is 20.3 Å². The van der Waals surface area contributed by atoms with Gasteiger partial charge in [-0.2, -0.15) is 0 Å². The van der Waals surface area contributed by atoms with Crippen molar-refractivity contribution in [2.45, 2.75) is 13.0 Å². The molecular formula is C17H16FNO. The maximum atomic E-state index is 13.6. The van der Waals surface area contributed by atoms with Gasteiger partial charge in [0.1, 0.15) is 5.82 Å². The number of Topliss-reactive ketones (excluding diaryl/α,β-unsaturated/α-hetero) is 1. The molecule has 0 saturated heterocycles. The molecule has 0 atom stereocenters. The molecule has 0 saturated carbocycles. The summed E-state index contributed by atoms with van der Waals surface area (Å²) in [5, 5.41) is 0. The van der Waals surface area contributed by atoms with Crippen molar-refractivity contribution in [3.63, 3.8) is 0 Å². The average molecular weight is 269 g/mol. The van der Waals surface area contributed by atoms with Gasteiger partial charge in [-0.3, -0.25) is 9.69 Å². The summed E-state index contributed by atoms with van der Waals surface area (Å²) < 4.78 is 13.6. The van der Waals surface area contributed by atoms with Crippen LogP contribution in [0.25, 0.3) is 0 Å². The van der Waals surface area contributed by atoms with Crippen molar-refractivity contribution in [1.82, 2.24) is 4.90 Å². The van der Waals surface area contributed by atoms with Gasteiger partial charge >= 0.3 is 0 Å². The van der Waals surface area contributed by atoms with Crippen LogP contribution in [0.1, 0.15) is 21.5 Å². The minimum Gasteiger partial charge on any atom is -0.293 e. The van der Waals surface area contributed by atoms with Crippen LogP contribution < -0.4 is 0 Å². The first kappa shape index (κ1) is 13.0. The normalized spacial score (nSPS) is 14.8. The van der Waals surface area contributed by atoms with Crippen LogP contribution in [-0.2, 0) is 13.0 Å². The molecule has 0 aliphatic carbocycles. The number of benzene rings is 2. The van der Waals surface area contributed by atoms with Crippen LogP contribution in [0.2, 0.25) is 0 Å². The fraction of sp³-hybridized carbons (Fsp3) is 0.235. The number of fused-ring (bicyclic) bond motifs is 1. The summed E-state index contributed by atoms with van der Waals surface area (Å²) in [5.41, 5.74) is 2.80. The van der Waals surface area contributed by atoms with E-state index in [1.807, 2.05) is 12.1 Å². The number of hydrogen-bond donors (Lipinski definition) is 0. The molecule has 0 unspecified atom stereocenters. The van der Waals surface area contributed by atoms with Crippen LogP contribution in [0, 0.1) is 5.82 Å². The first-order valence-electron chi connectivity index (χ1n) is 6.81. The number of carbonyl (C=O) groups is 1. The summed E-state index contributed by atoms with van der Waals surface area (Å²) in [7, 11) is 0. The molecule has 3 rings (SSSR count). The molecule has 0 amide bonds. The lowest BCUT2D eigenvalue weighted by molar-refractivity contribution is 0.0917. The largest absolute Gasteiger partial charge is 0.293 e. The third-order valence-corrected chi connectivity index (χ3v) is 3.75. The Morgan fingerprint density at radius 1 is 1.05 bits per heavy atom. The lowest BCUT2D eigenvalue weighted by Gasteiger charge is -2.28. The van der Waals surface area contributed by atoms with Crippen molar-refractivity contribution in [3.05, 3.63) is 71.0 Å². The second kappa shape index (κ2) is 5.55. The molecule has 20 heavy (non-hydrogen) atoms. The van der Waals surface area contributed by atoms with E-state index < -0.39 is 5.82 Å². The Morgan fingerprint density at radius 3 is 2.55 bits per heavy atom. The molecule has 0 bridgehead atoms. The van der Waals surface area contributed by atoms with E-state index in [0.717, 1.165) is 19.5 Å². The van der Waals surface area contributed by atoms with Gasteiger partial charge in [0, 0.05) is 13.1 Å². The predicted molar refractivity (Wildman–Crippen MR) is 76.2 cm³/mol. The van der Waals surface area contributed by atoms with Crippen LogP contribution in [0.5, 0.6) is 0 Å². The predicted octanol–water partition coefficient (Wildman–Crippen LogP) is 3.07. The Hall–Kier alpha value is -2.00. The average Bonchev–Trinajstić information content (AvgIpc) is 2.47. The van der Waals surface area contributed by atoms with E-state index in [2.05, 4.69) is 17.0 Å². The number of rotatable bonds is 3. The highest BCUT2D eigenvalue weighted by atomic mass is 19.1. The zero-order valence-corrected chi connectivity index (χ0v) is 11.2. The highest BCUT2D eigenvalue weighted by Gasteiger charge is 2.19. The van der Waals surface area contributed by atoms with E-state index in [1.54, 1.807) is 18.2 Å². The molecule has 1 aliphatic rings. The fourth-order valence-electron chi connectivity index (χ4n) is 2.66. The van der Waals surface area contributed by atoms with Crippen molar-refractivity contribution < 1.29 is 9.18 Å². The molecule has 2 nitrogen and oxygen atoms in total. The molecule has 1 aliphatic heterocycles. The lowest BCUT2D eigenvalue weighted by Crippen LogP contribution is -2.35. The molecule has 0 radical (unpaired) electrons. The molecular weight excluding hydrogens is 253 g/mol. The highest BCUT2D eigenvalue weighted by Crippen LogP contribution is 2.19. The number of hydrogen-bond acceptors (Lipinski definition) is 2. The number of nitrogens with zero attached hydrogens (tertiary/aromatic N) is 1. The number of halogens is 1. The maximum Gasteiger partial charge on any atom is 0.179 e. The first-order valence-corrected chi connectivity index (χ1v) is 6.81. The summed E-state index contributed by atoms with van der Waals surface area (Å²) >= 11 is 0. The molecule has 3 heteroatoms.